The highest BCUT2D eigenvalue weighted by molar-refractivity contribution is 4.88. The molecule has 1 heteroatoms. The fourth-order valence-corrected chi connectivity index (χ4v) is 1.74. The molecule has 0 aromatic heterocycles. The molecule has 0 aliphatic heterocycles. The summed E-state index contributed by atoms with van der Waals surface area (Å²) in [6, 6.07) is 0.632. The standard InChI is InChI=1S/C14H27N/c1-5-7-8-9-10-11-12-14(3)15(4)13-6-2/h2,14H,5,7-13H2,1,3-4H3/t14-/m0/s1. The van der Waals surface area contributed by atoms with Gasteiger partial charge in [-0.05, 0) is 20.4 Å². The van der Waals surface area contributed by atoms with Gasteiger partial charge in [0.25, 0.3) is 0 Å². The van der Waals surface area contributed by atoms with Crippen LogP contribution in [0.3, 0.4) is 0 Å². The third-order valence-electron chi connectivity index (χ3n) is 3.07. The summed E-state index contributed by atoms with van der Waals surface area (Å²) in [6.45, 7) is 5.30. The molecule has 0 saturated heterocycles. The fourth-order valence-electron chi connectivity index (χ4n) is 1.74. The van der Waals surface area contributed by atoms with Gasteiger partial charge < -0.3 is 0 Å². The molecule has 0 unspecified atom stereocenters. The molecule has 0 aliphatic rings. The van der Waals surface area contributed by atoms with E-state index in [4.69, 9.17) is 6.42 Å². The SMILES string of the molecule is C#CCN(C)[C@@H](C)CCCCCCCC. The van der Waals surface area contributed by atoms with Gasteiger partial charge in [-0.15, -0.1) is 6.42 Å². The van der Waals surface area contributed by atoms with Crippen molar-refractivity contribution in [1.82, 2.24) is 4.90 Å². The predicted molar refractivity (Wildman–Crippen MR) is 68.9 cm³/mol. The minimum absolute atomic E-state index is 0.632. The quantitative estimate of drug-likeness (QED) is 0.413. The number of terminal acetylenes is 1. The molecule has 0 aromatic rings. The van der Waals surface area contributed by atoms with Gasteiger partial charge in [0, 0.05) is 6.04 Å². The first-order chi connectivity index (χ1) is 7.22. The molecule has 0 spiro atoms. The Balaban J connectivity index is 3.31. The van der Waals surface area contributed by atoms with E-state index >= 15 is 0 Å². The van der Waals surface area contributed by atoms with Gasteiger partial charge in [0.15, 0.2) is 0 Å². The molecule has 15 heavy (non-hydrogen) atoms. The van der Waals surface area contributed by atoms with Crippen molar-refractivity contribution < 1.29 is 0 Å². The van der Waals surface area contributed by atoms with Crippen LogP contribution in [0.4, 0.5) is 0 Å². The second kappa shape index (κ2) is 10.1. The molecule has 0 fully saturated rings. The zero-order chi connectivity index (χ0) is 11.5. The second-order valence-corrected chi connectivity index (χ2v) is 4.52. The zero-order valence-corrected chi connectivity index (χ0v) is 10.8. The normalized spacial score (nSPS) is 12.7. The predicted octanol–water partition coefficient (Wildman–Crippen LogP) is 3.69. The average molecular weight is 209 g/mol. The van der Waals surface area contributed by atoms with Crippen LogP contribution in [-0.4, -0.2) is 24.5 Å². The summed E-state index contributed by atoms with van der Waals surface area (Å²) in [5, 5.41) is 0. The van der Waals surface area contributed by atoms with Gasteiger partial charge in [0.2, 0.25) is 0 Å². The number of rotatable bonds is 9. The van der Waals surface area contributed by atoms with E-state index < -0.39 is 0 Å². The van der Waals surface area contributed by atoms with Crippen LogP contribution in [-0.2, 0) is 0 Å². The first-order valence-corrected chi connectivity index (χ1v) is 6.36. The molecule has 0 rings (SSSR count). The van der Waals surface area contributed by atoms with Crippen LogP contribution in [0, 0.1) is 12.3 Å². The molecule has 0 heterocycles. The van der Waals surface area contributed by atoms with E-state index in [0.29, 0.717) is 6.04 Å². The molecule has 1 atom stereocenters. The van der Waals surface area contributed by atoms with Crippen molar-refractivity contribution >= 4 is 0 Å². The minimum atomic E-state index is 0.632. The van der Waals surface area contributed by atoms with Crippen molar-refractivity contribution in [3.8, 4) is 12.3 Å². The van der Waals surface area contributed by atoms with Crippen LogP contribution in [0.5, 0.6) is 0 Å². The largest absolute Gasteiger partial charge is 0.293 e. The van der Waals surface area contributed by atoms with Crippen molar-refractivity contribution in [1.29, 1.82) is 0 Å². The van der Waals surface area contributed by atoms with E-state index in [1.807, 2.05) is 0 Å². The maximum Gasteiger partial charge on any atom is 0.0598 e. The summed E-state index contributed by atoms with van der Waals surface area (Å²) >= 11 is 0. The Hall–Kier alpha value is -0.480. The second-order valence-electron chi connectivity index (χ2n) is 4.52. The van der Waals surface area contributed by atoms with Gasteiger partial charge in [-0.1, -0.05) is 51.4 Å². The van der Waals surface area contributed by atoms with Gasteiger partial charge in [-0.25, -0.2) is 0 Å². The van der Waals surface area contributed by atoms with Crippen LogP contribution >= 0.6 is 0 Å². The smallest absolute Gasteiger partial charge is 0.0598 e. The van der Waals surface area contributed by atoms with Crippen molar-refractivity contribution in [2.75, 3.05) is 13.6 Å². The number of nitrogens with zero attached hydrogens (tertiary/aromatic N) is 1. The molecule has 0 N–H and O–H groups in total. The van der Waals surface area contributed by atoms with Crippen LogP contribution in [0.15, 0.2) is 0 Å². The Bertz CT molecular complexity index is 169. The lowest BCUT2D eigenvalue weighted by molar-refractivity contribution is 0.268. The van der Waals surface area contributed by atoms with E-state index in [1.165, 1.54) is 44.9 Å². The molecule has 0 amide bonds. The molecule has 0 aromatic carbocycles. The maximum atomic E-state index is 5.29. The first-order valence-electron chi connectivity index (χ1n) is 6.36. The molecular formula is C14H27N. The van der Waals surface area contributed by atoms with Crippen molar-refractivity contribution in [2.45, 2.75) is 64.8 Å². The Morgan fingerprint density at radius 2 is 1.73 bits per heavy atom. The molecule has 0 saturated carbocycles. The summed E-state index contributed by atoms with van der Waals surface area (Å²) in [4.78, 5) is 2.26. The Morgan fingerprint density at radius 3 is 2.33 bits per heavy atom. The summed E-state index contributed by atoms with van der Waals surface area (Å²) in [5.74, 6) is 2.69. The van der Waals surface area contributed by atoms with Crippen LogP contribution < -0.4 is 0 Å². The van der Waals surface area contributed by atoms with Crippen molar-refractivity contribution in [2.24, 2.45) is 0 Å². The van der Waals surface area contributed by atoms with Crippen LogP contribution in [0.2, 0.25) is 0 Å². The van der Waals surface area contributed by atoms with E-state index in [0.717, 1.165) is 6.54 Å². The maximum absolute atomic E-state index is 5.29. The Labute approximate surface area is 96.2 Å². The molecular weight excluding hydrogens is 182 g/mol. The fraction of sp³-hybridized carbons (Fsp3) is 0.857. The van der Waals surface area contributed by atoms with Gasteiger partial charge in [-0.3, -0.25) is 4.90 Å². The van der Waals surface area contributed by atoms with Crippen molar-refractivity contribution in [3.05, 3.63) is 0 Å². The third kappa shape index (κ3) is 8.51. The van der Waals surface area contributed by atoms with E-state index in [2.05, 4.69) is 31.7 Å². The topological polar surface area (TPSA) is 3.24 Å². The lowest BCUT2D eigenvalue weighted by Crippen LogP contribution is -2.29. The highest BCUT2D eigenvalue weighted by Gasteiger charge is 2.06. The highest BCUT2D eigenvalue weighted by Crippen LogP contribution is 2.10. The monoisotopic (exact) mass is 209 g/mol. The van der Waals surface area contributed by atoms with Crippen LogP contribution in [0.25, 0.3) is 0 Å². The van der Waals surface area contributed by atoms with Crippen molar-refractivity contribution in [3.63, 3.8) is 0 Å². The summed E-state index contributed by atoms with van der Waals surface area (Å²) in [7, 11) is 2.11. The summed E-state index contributed by atoms with van der Waals surface area (Å²) < 4.78 is 0. The lowest BCUT2D eigenvalue weighted by atomic mass is 10.1. The van der Waals surface area contributed by atoms with E-state index in [1.54, 1.807) is 0 Å². The van der Waals surface area contributed by atoms with Gasteiger partial charge >= 0.3 is 0 Å². The molecule has 0 bridgehead atoms. The number of hydrogen-bond donors (Lipinski definition) is 0. The van der Waals surface area contributed by atoms with Crippen LogP contribution in [0.1, 0.15) is 58.8 Å². The minimum Gasteiger partial charge on any atom is -0.293 e. The average Bonchev–Trinajstić information content (AvgIpc) is 2.23. The summed E-state index contributed by atoms with van der Waals surface area (Å²) in [5.41, 5.74) is 0. The zero-order valence-electron chi connectivity index (χ0n) is 10.8. The molecule has 88 valence electrons. The molecule has 0 aliphatic carbocycles. The van der Waals surface area contributed by atoms with Gasteiger partial charge in [0.1, 0.15) is 0 Å². The van der Waals surface area contributed by atoms with E-state index in [-0.39, 0.29) is 0 Å². The summed E-state index contributed by atoms with van der Waals surface area (Å²) in [6.07, 6.45) is 14.8. The number of unbranched alkanes of at least 4 members (excludes halogenated alkanes) is 5. The molecule has 1 nitrogen and oxygen atoms in total. The Kier molecular flexibility index (Phi) is 9.73. The lowest BCUT2D eigenvalue weighted by Gasteiger charge is -2.22. The Morgan fingerprint density at radius 1 is 1.13 bits per heavy atom. The highest BCUT2D eigenvalue weighted by atomic mass is 15.1. The van der Waals surface area contributed by atoms with Gasteiger partial charge in [-0.2, -0.15) is 0 Å². The first kappa shape index (κ1) is 14.5. The van der Waals surface area contributed by atoms with Gasteiger partial charge in [0.05, 0.1) is 6.54 Å². The van der Waals surface area contributed by atoms with E-state index in [9.17, 15) is 0 Å². The third-order valence-corrected chi connectivity index (χ3v) is 3.07. The molecule has 0 radical (unpaired) electrons. The number of hydrogen-bond acceptors (Lipinski definition) is 1.